The molecule has 1 amide bonds. The molecule has 3 aromatic rings. The zero-order valence-corrected chi connectivity index (χ0v) is 16.9. The molecule has 2 heterocycles. The summed E-state index contributed by atoms with van der Waals surface area (Å²) in [6.45, 7) is 6.18. The molecule has 1 aliphatic heterocycles. The molecular weight excluding hydrogens is 362 g/mol. The summed E-state index contributed by atoms with van der Waals surface area (Å²) in [4.78, 5) is 32.4. The van der Waals surface area contributed by atoms with E-state index in [-0.39, 0.29) is 11.5 Å². The highest BCUT2D eigenvalue weighted by Gasteiger charge is 2.21. The third-order valence-electron chi connectivity index (χ3n) is 5.75. The van der Waals surface area contributed by atoms with Crippen molar-refractivity contribution in [1.82, 2.24) is 14.8 Å². The van der Waals surface area contributed by atoms with Crippen molar-refractivity contribution in [2.75, 3.05) is 26.2 Å². The van der Waals surface area contributed by atoms with E-state index in [1.807, 2.05) is 42.2 Å². The molecule has 0 radical (unpaired) electrons. The van der Waals surface area contributed by atoms with Crippen molar-refractivity contribution >= 4 is 16.8 Å². The van der Waals surface area contributed by atoms with E-state index in [0.717, 1.165) is 49.2 Å². The predicted molar refractivity (Wildman–Crippen MR) is 116 cm³/mol. The summed E-state index contributed by atoms with van der Waals surface area (Å²) in [6, 6.07) is 18.3. The second-order valence-electron chi connectivity index (χ2n) is 7.81. The van der Waals surface area contributed by atoms with Gasteiger partial charge in [0.15, 0.2) is 0 Å². The van der Waals surface area contributed by atoms with Crippen LogP contribution in [0.1, 0.15) is 23.1 Å². The number of carbonyl (C=O) groups is 1. The molecule has 0 spiro atoms. The number of rotatable bonds is 5. The number of aryl methyl sites for hydroxylation is 2. The minimum Gasteiger partial charge on any atom is -0.340 e. The number of hydrogen-bond donors (Lipinski definition) is 1. The van der Waals surface area contributed by atoms with Crippen LogP contribution in [-0.2, 0) is 17.8 Å². The van der Waals surface area contributed by atoms with Crippen LogP contribution in [-0.4, -0.2) is 46.9 Å². The number of aromatic amines is 1. The van der Waals surface area contributed by atoms with Crippen LogP contribution < -0.4 is 5.56 Å². The summed E-state index contributed by atoms with van der Waals surface area (Å²) >= 11 is 0. The van der Waals surface area contributed by atoms with Crippen molar-refractivity contribution in [3.8, 4) is 0 Å². The monoisotopic (exact) mass is 389 g/mol. The number of piperazine rings is 1. The van der Waals surface area contributed by atoms with Crippen LogP contribution in [0.2, 0.25) is 0 Å². The number of benzene rings is 2. The lowest BCUT2D eigenvalue weighted by atomic mass is 10.1. The van der Waals surface area contributed by atoms with E-state index < -0.39 is 0 Å². The number of carbonyl (C=O) groups excluding carboxylic acids is 1. The smallest absolute Gasteiger partial charge is 0.251 e. The molecule has 0 unspecified atom stereocenters. The molecule has 0 bridgehead atoms. The quantitative estimate of drug-likeness (QED) is 0.730. The summed E-state index contributed by atoms with van der Waals surface area (Å²) in [5, 5.41) is 1.02. The van der Waals surface area contributed by atoms with Crippen LogP contribution in [0.4, 0.5) is 0 Å². The van der Waals surface area contributed by atoms with Crippen LogP contribution in [0, 0.1) is 6.92 Å². The third kappa shape index (κ3) is 4.57. The highest BCUT2D eigenvalue weighted by Crippen LogP contribution is 2.16. The van der Waals surface area contributed by atoms with Crippen molar-refractivity contribution in [1.29, 1.82) is 0 Å². The van der Waals surface area contributed by atoms with Crippen LogP contribution in [0.25, 0.3) is 10.9 Å². The number of hydrogen-bond acceptors (Lipinski definition) is 3. The van der Waals surface area contributed by atoms with Crippen LogP contribution in [0.3, 0.4) is 0 Å². The Hall–Kier alpha value is -2.92. The Morgan fingerprint density at radius 2 is 1.76 bits per heavy atom. The van der Waals surface area contributed by atoms with Gasteiger partial charge in [-0.3, -0.25) is 14.5 Å². The SMILES string of the molecule is Cc1cccc2cc(CCC(=O)N3CCN(Cc4ccccc4)CC3)c(=O)[nH]c12. The molecule has 1 aromatic heterocycles. The topological polar surface area (TPSA) is 56.4 Å². The van der Waals surface area contributed by atoms with E-state index in [9.17, 15) is 9.59 Å². The van der Waals surface area contributed by atoms with Crippen LogP contribution in [0.5, 0.6) is 0 Å². The maximum absolute atomic E-state index is 12.7. The normalized spacial score (nSPS) is 15.0. The number of fused-ring (bicyclic) bond motifs is 1. The zero-order chi connectivity index (χ0) is 20.2. The molecule has 1 aliphatic rings. The fourth-order valence-electron chi connectivity index (χ4n) is 4.01. The van der Waals surface area contributed by atoms with Gasteiger partial charge in [-0.25, -0.2) is 0 Å². The van der Waals surface area contributed by atoms with Crippen molar-refractivity contribution in [3.05, 3.63) is 81.6 Å². The van der Waals surface area contributed by atoms with Gasteiger partial charge in [0.2, 0.25) is 5.91 Å². The van der Waals surface area contributed by atoms with Gasteiger partial charge < -0.3 is 9.88 Å². The molecule has 150 valence electrons. The molecule has 0 saturated carbocycles. The molecule has 1 N–H and O–H groups in total. The molecule has 0 aliphatic carbocycles. The molecular formula is C24H27N3O2. The minimum absolute atomic E-state index is 0.0905. The maximum Gasteiger partial charge on any atom is 0.251 e. The Kier molecular flexibility index (Phi) is 5.76. The average Bonchev–Trinajstić information content (AvgIpc) is 2.74. The lowest BCUT2D eigenvalue weighted by molar-refractivity contribution is -0.133. The molecule has 4 rings (SSSR count). The number of nitrogens with one attached hydrogen (secondary N) is 1. The number of nitrogens with zero attached hydrogens (tertiary/aromatic N) is 2. The lowest BCUT2D eigenvalue weighted by Crippen LogP contribution is -2.48. The number of para-hydroxylation sites is 1. The van der Waals surface area contributed by atoms with Gasteiger partial charge in [0.1, 0.15) is 0 Å². The van der Waals surface area contributed by atoms with E-state index in [2.05, 4.69) is 34.1 Å². The number of H-pyrrole nitrogens is 1. The van der Waals surface area contributed by atoms with E-state index in [4.69, 9.17) is 0 Å². The fourth-order valence-corrected chi connectivity index (χ4v) is 4.01. The summed E-state index contributed by atoms with van der Waals surface area (Å²) in [6.07, 6.45) is 0.849. The first kappa shape index (κ1) is 19.4. The summed E-state index contributed by atoms with van der Waals surface area (Å²) in [5.74, 6) is 0.133. The maximum atomic E-state index is 12.7. The van der Waals surface area contributed by atoms with E-state index in [1.165, 1.54) is 5.56 Å². The lowest BCUT2D eigenvalue weighted by Gasteiger charge is -2.34. The van der Waals surface area contributed by atoms with E-state index in [1.54, 1.807) is 0 Å². The molecule has 5 nitrogen and oxygen atoms in total. The largest absolute Gasteiger partial charge is 0.340 e. The van der Waals surface area contributed by atoms with Gasteiger partial charge in [0.25, 0.3) is 5.56 Å². The predicted octanol–water partition coefficient (Wildman–Crippen LogP) is 3.11. The first-order chi connectivity index (χ1) is 14.1. The van der Waals surface area contributed by atoms with Gasteiger partial charge in [0, 0.05) is 44.7 Å². The third-order valence-corrected chi connectivity index (χ3v) is 5.75. The molecule has 2 aromatic carbocycles. The van der Waals surface area contributed by atoms with Crippen LogP contribution >= 0.6 is 0 Å². The molecule has 0 atom stereocenters. The van der Waals surface area contributed by atoms with Gasteiger partial charge in [-0.05, 0) is 35.9 Å². The van der Waals surface area contributed by atoms with Gasteiger partial charge in [-0.1, -0.05) is 48.5 Å². The Labute approximate surface area is 171 Å². The first-order valence-corrected chi connectivity index (χ1v) is 10.3. The van der Waals surface area contributed by atoms with Gasteiger partial charge in [-0.2, -0.15) is 0 Å². The van der Waals surface area contributed by atoms with Crippen molar-refractivity contribution in [2.24, 2.45) is 0 Å². The highest BCUT2D eigenvalue weighted by atomic mass is 16.2. The number of aromatic nitrogens is 1. The Balaban J connectivity index is 1.32. The van der Waals surface area contributed by atoms with Gasteiger partial charge in [0.05, 0.1) is 5.52 Å². The van der Waals surface area contributed by atoms with Crippen molar-refractivity contribution in [3.63, 3.8) is 0 Å². The second-order valence-corrected chi connectivity index (χ2v) is 7.81. The van der Waals surface area contributed by atoms with Crippen LogP contribution in [0.15, 0.2) is 59.4 Å². The van der Waals surface area contributed by atoms with Gasteiger partial charge in [-0.15, -0.1) is 0 Å². The second kappa shape index (κ2) is 8.62. The zero-order valence-electron chi connectivity index (χ0n) is 16.9. The molecule has 1 saturated heterocycles. The number of amides is 1. The number of pyridine rings is 1. The minimum atomic E-state index is -0.0905. The summed E-state index contributed by atoms with van der Waals surface area (Å²) in [5.41, 5.74) is 3.82. The Morgan fingerprint density at radius 3 is 2.52 bits per heavy atom. The first-order valence-electron chi connectivity index (χ1n) is 10.3. The molecule has 1 fully saturated rings. The van der Waals surface area contributed by atoms with Crippen molar-refractivity contribution in [2.45, 2.75) is 26.3 Å². The van der Waals surface area contributed by atoms with E-state index >= 15 is 0 Å². The fraction of sp³-hybridized carbons (Fsp3) is 0.333. The molecule has 5 heteroatoms. The Bertz CT molecular complexity index is 1050. The Morgan fingerprint density at radius 1 is 1.00 bits per heavy atom. The van der Waals surface area contributed by atoms with E-state index in [0.29, 0.717) is 18.4 Å². The summed E-state index contributed by atoms with van der Waals surface area (Å²) in [7, 11) is 0. The average molecular weight is 389 g/mol. The van der Waals surface area contributed by atoms with Crippen molar-refractivity contribution < 1.29 is 4.79 Å². The summed E-state index contributed by atoms with van der Waals surface area (Å²) < 4.78 is 0. The highest BCUT2D eigenvalue weighted by molar-refractivity contribution is 5.82. The van der Waals surface area contributed by atoms with Gasteiger partial charge >= 0.3 is 0 Å². The standard InChI is InChI=1S/C24H27N3O2/c1-18-6-5-9-20-16-21(24(29)25-23(18)20)10-11-22(28)27-14-12-26(13-15-27)17-19-7-3-2-4-8-19/h2-9,16H,10-15,17H2,1H3,(H,25,29). The molecule has 29 heavy (non-hydrogen) atoms.